The van der Waals surface area contributed by atoms with Crippen LogP contribution in [0.25, 0.3) is 54.5 Å². The first-order valence-corrected chi connectivity index (χ1v) is 15.2. The van der Waals surface area contributed by atoms with Crippen LogP contribution in [-0.2, 0) is 12.4 Å². The Labute approximate surface area is 274 Å². The third kappa shape index (κ3) is 4.66. The van der Waals surface area contributed by atoms with E-state index in [0.717, 1.165) is 12.1 Å². The molecule has 230 valence electrons. The number of benzene rings is 2. The second kappa shape index (κ2) is 10.8. The SMILES string of the molecule is N#CC(C#N)=C1c2cc(-c3ccc(C(F)(F)F)s3)ccc2-c2nc3c(nc21)-c1ccc(-c2ccc(C(F)(F)F)s2)cc1C3=C(C#N)C#N. The number of nitriles is 4. The molecule has 3 heterocycles. The van der Waals surface area contributed by atoms with Gasteiger partial charge in [0.2, 0.25) is 0 Å². The van der Waals surface area contributed by atoms with Crippen molar-refractivity contribution in [1.82, 2.24) is 9.97 Å². The van der Waals surface area contributed by atoms with Crippen LogP contribution >= 0.6 is 22.7 Å². The molecule has 6 nitrogen and oxygen atoms in total. The van der Waals surface area contributed by atoms with Gasteiger partial charge in [0.1, 0.15) is 56.6 Å². The maximum Gasteiger partial charge on any atom is 0.425 e. The number of nitrogens with zero attached hydrogens (tertiary/aromatic N) is 6. The second-order valence-electron chi connectivity index (χ2n) is 10.4. The molecule has 48 heavy (non-hydrogen) atoms. The van der Waals surface area contributed by atoms with E-state index in [1.165, 1.54) is 12.1 Å². The number of allylic oxidation sites excluding steroid dienone is 2. The average Bonchev–Trinajstić information content (AvgIpc) is 3.85. The molecule has 0 radical (unpaired) electrons. The Balaban J connectivity index is 1.43. The molecule has 0 aliphatic heterocycles. The van der Waals surface area contributed by atoms with Crippen molar-refractivity contribution in [2.75, 3.05) is 0 Å². The smallest absolute Gasteiger partial charge is 0.243 e. The zero-order valence-corrected chi connectivity index (χ0v) is 25.2. The summed E-state index contributed by atoms with van der Waals surface area (Å²) >= 11 is 1.08. The summed E-state index contributed by atoms with van der Waals surface area (Å²) in [5.74, 6) is 0. The molecule has 0 bridgehead atoms. The first-order valence-electron chi connectivity index (χ1n) is 13.5. The molecule has 2 aliphatic carbocycles. The van der Waals surface area contributed by atoms with Crippen molar-refractivity contribution in [2.24, 2.45) is 0 Å². The largest absolute Gasteiger partial charge is 0.425 e. The molecule has 0 N–H and O–H groups in total. The number of alkyl halides is 6. The molecule has 2 aliphatic rings. The minimum atomic E-state index is -4.53. The summed E-state index contributed by atoms with van der Waals surface area (Å²) in [6.45, 7) is 0. The molecule has 7 rings (SSSR count). The fourth-order valence-electron chi connectivity index (χ4n) is 5.71. The van der Waals surface area contributed by atoms with E-state index < -0.39 is 22.1 Å². The van der Waals surface area contributed by atoms with Gasteiger partial charge >= 0.3 is 12.4 Å². The van der Waals surface area contributed by atoms with Gasteiger partial charge in [-0.15, -0.1) is 22.7 Å². The highest BCUT2D eigenvalue weighted by atomic mass is 32.1. The van der Waals surface area contributed by atoms with E-state index in [1.807, 2.05) is 24.3 Å². The van der Waals surface area contributed by atoms with E-state index in [4.69, 9.17) is 9.97 Å². The van der Waals surface area contributed by atoms with Gasteiger partial charge in [-0.25, -0.2) is 9.97 Å². The van der Waals surface area contributed by atoms with Crippen molar-refractivity contribution in [3.8, 4) is 67.7 Å². The summed E-state index contributed by atoms with van der Waals surface area (Å²) < 4.78 is 79.9. The van der Waals surface area contributed by atoms with Gasteiger partial charge in [0, 0.05) is 32.0 Å². The predicted molar refractivity (Wildman–Crippen MR) is 164 cm³/mol. The van der Waals surface area contributed by atoms with E-state index in [2.05, 4.69) is 0 Å². The van der Waals surface area contributed by atoms with Gasteiger partial charge < -0.3 is 0 Å². The van der Waals surface area contributed by atoms with Crippen LogP contribution in [0.1, 0.15) is 32.3 Å². The van der Waals surface area contributed by atoms with Crippen LogP contribution in [0, 0.1) is 45.3 Å². The highest BCUT2D eigenvalue weighted by molar-refractivity contribution is 7.15. The Kier molecular flexibility index (Phi) is 6.85. The number of fused-ring (bicyclic) bond motifs is 6. The molecule has 0 spiro atoms. The Bertz CT molecular complexity index is 2280. The topological polar surface area (TPSA) is 121 Å². The minimum Gasteiger partial charge on any atom is -0.243 e. The van der Waals surface area contributed by atoms with Crippen molar-refractivity contribution >= 4 is 33.8 Å². The molecular weight excluding hydrogens is 671 g/mol. The lowest BCUT2D eigenvalue weighted by Gasteiger charge is -2.06. The van der Waals surface area contributed by atoms with Crippen LogP contribution in [0.2, 0.25) is 0 Å². The van der Waals surface area contributed by atoms with Crippen molar-refractivity contribution in [2.45, 2.75) is 12.4 Å². The summed E-state index contributed by atoms with van der Waals surface area (Å²) in [4.78, 5) is 8.61. The molecule has 0 saturated carbocycles. The third-order valence-electron chi connectivity index (χ3n) is 7.74. The molecule has 5 aromatic rings. The van der Waals surface area contributed by atoms with Gasteiger partial charge in [0.25, 0.3) is 0 Å². The molecule has 0 amide bonds. The maximum atomic E-state index is 13.3. The lowest BCUT2D eigenvalue weighted by atomic mass is 9.98. The van der Waals surface area contributed by atoms with Gasteiger partial charge in [-0.2, -0.15) is 47.4 Å². The molecule has 0 fully saturated rings. The molecular formula is C34H10F6N6S2. The number of aromatic nitrogens is 2. The van der Waals surface area contributed by atoms with Gasteiger partial charge in [-0.1, -0.05) is 24.3 Å². The van der Waals surface area contributed by atoms with Crippen LogP contribution in [-0.4, -0.2) is 9.97 Å². The Morgan fingerprint density at radius 3 is 1.19 bits per heavy atom. The molecule has 14 heteroatoms. The van der Waals surface area contributed by atoms with E-state index in [1.54, 1.807) is 36.4 Å². The monoisotopic (exact) mass is 680 g/mol. The van der Waals surface area contributed by atoms with Gasteiger partial charge in [-0.05, 0) is 58.7 Å². The van der Waals surface area contributed by atoms with Crippen LogP contribution in [0.3, 0.4) is 0 Å². The van der Waals surface area contributed by atoms with Gasteiger partial charge in [-0.3, -0.25) is 0 Å². The fraction of sp³-hybridized carbons (Fsp3) is 0.0588. The van der Waals surface area contributed by atoms with Crippen LogP contribution in [0.5, 0.6) is 0 Å². The van der Waals surface area contributed by atoms with E-state index in [-0.39, 0.29) is 45.1 Å². The fourth-order valence-corrected chi connectivity index (χ4v) is 7.45. The van der Waals surface area contributed by atoms with E-state index >= 15 is 0 Å². The Morgan fingerprint density at radius 1 is 0.500 bits per heavy atom. The average molecular weight is 681 g/mol. The van der Waals surface area contributed by atoms with E-state index in [9.17, 15) is 47.4 Å². The summed E-state index contributed by atoms with van der Waals surface area (Å²) in [7, 11) is 0. The number of hydrogen-bond acceptors (Lipinski definition) is 8. The van der Waals surface area contributed by atoms with Crippen molar-refractivity contribution < 1.29 is 26.3 Å². The second-order valence-corrected chi connectivity index (χ2v) is 12.6. The maximum absolute atomic E-state index is 13.3. The van der Waals surface area contributed by atoms with Crippen molar-refractivity contribution in [3.63, 3.8) is 0 Å². The summed E-state index contributed by atoms with van der Waals surface area (Å²) in [6.07, 6.45) is -9.07. The molecule has 0 unspecified atom stereocenters. The predicted octanol–water partition coefficient (Wildman–Crippen LogP) is 9.63. The van der Waals surface area contributed by atoms with Crippen LogP contribution in [0.15, 0.2) is 71.8 Å². The lowest BCUT2D eigenvalue weighted by Crippen LogP contribution is -2.00. The van der Waals surface area contributed by atoms with Crippen LogP contribution in [0.4, 0.5) is 26.3 Å². The van der Waals surface area contributed by atoms with Crippen molar-refractivity contribution in [3.05, 3.63) is 104 Å². The Hall–Kier alpha value is -6.06. The highest BCUT2D eigenvalue weighted by Crippen LogP contribution is 2.52. The molecule has 2 aromatic carbocycles. The number of halogens is 6. The summed E-state index contributed by atoms with van der Waals surface area (Å²) in [5, 5.41) is 39.5. The molecule has 0 saturated heterocycles. The minimum absolute atomic E-state index is 0.115. The molecule has 0 atom stereocenters. The van der Waals surface area contributed by atoms with Crippen LogP contribution < -0.4 is 0 Å². The van der Waals surface area contributed by atoms with E-state index in [0.29, 0.717) is 65.8 Å². The first-order chi connectivity index (χ1) is 22.9. The first kappa shape index (κ1) is 30.6. The quantitative estimate of drug-likeness (QED) is 0.132. The standard InChI is InChI=1S/C34H10F6N6S2/c35-33(36,37)25-7-5-23(47-25)15-1-3-19-21(9-15)27(17(11-41)12-42)31-29(19)45-32-28(18(13-43)14-44)22-10-16(2-4-20(22)30(32)46-31)24-6-8-26(48-24)34(38,39)40/h1-10H. The third-order valence-corrected chi connectivity index (χ3v) is 10.1. The normalized spacial score (nSPS) is 12.6. The number of hydrogen-bond donors (Lipinski definition) is 0. The number of rotatable bonds is 2. The summed E-state index contributed by atoms with van der Waals surface area (Å²) in [5.41, 5.74) is 2.61. The van der Waals surface area contributed by atoms with Gasteiger partial charge in [0.05, 0.1) is 11.4 Å². The molecule has 3 aromatic heterocycles. The number of thiophene rings is 2. The lowest BCUT2D eigenvalue weighted by molar-refractivity contribution is -0.135. The zero-order chi connectivity index (χ0) is 34.1. The highest BCUT2D eigenvalue weighted by Gasteiger charge is 2.38. The Morgan fingerprint density at radius 2 is 0.875 bits per heavy atom. The van der Waals surface area contributed by atoms with Crippen molar-refractivity contribution in [1.29, 1.82) is 21.0 Å². The van der Waals surface area contributed by atoms with Gasteiger partial charge in [0.15, 0.2) is 0 Å². The summed E-state index contributed by atoms with van der Waals surface area (Å²) in [6, 6.07) is 21.5. The zero-order valence-electron chi connectivity index (χ0n) is 23.5.